The fourth-order valence-corrected chi connectivity index (χ4v) is 4.29. The number of halogens is 1. The van der Waals surface area contributed by atoms with Gasteiger partial charge < -0.3 is 10.8 Å². The first-order valence-corrected chi connectivity index (χ1v) is 7.56. The molecule has 1 aromatic carbocycles. The molecule has 0 bridgehead atoms. The van der Waals surface area contributed by atoms with Crippen LogP contribution in [0.3, 0.4) is 0 Å². The first-order valence-electron chi connectivity index (χ1n) is 5.89. The summed E-state index contributed by atoms with van der Waals surface area (Å²) in [6.45, 7) is 0. The van der Waals surface area contributed by atoms with Crippen molar-refractivity contribution in [2.75, 3.05) is 0 Å². The molecule has 3 rings (SSSR count). The molecule has 0 amide bonds. The predicted molar refractivity (Wildman–Crippen MR) is 77.6 cm³/mol. The molecule has 3 N–H and O–H groups in total. The Morgan fingerprint density at radius 1 is 1.44 bits per heavy atom. The van der Waals surface area contributed by atoms with Crippen LogP contribution in [0.2, 0.25) is 0 Å². The zero-order chi connectivity index (χ0) is 12.8. The molecule has 4 heteroatoms. The maximum absolute atomic E-state index is 10.9. The topological polar surface area (TPSA) is 46.2 Å². The van der Waals surface area contributed by atoms with Gasteiger partial charge in [-0.2, -0.15) is 0 Å². The van der Waals surface area contributed by atoms with E-state index in [0.717, 1.165) is 15.6 Å². The van der Waals surface area contributed by atoms with Crippen LogP contribution in [-0.2, 0) is 12.0 Å². The molecule has 2 unspecified atom stereocenters. The Hall–Kier alpha value is -0.680. The van der Waals surface area contributed by atoms with Crippen LogP contribution in [0.5, 0.6) is 0 Å². The van der Waals surface area contributed by atoms with Crippen LogP contribution in [-0.4, -0.2) is 5.11 Å². The molecule has 1 heterocycles. The standard InChI is InChI=1S/C14H14BrNOS/c15-9-5-10(18-8-9)6-14(17)7-13(16)11-3-1-2-4-12(11)14/h1-5,8,13,17H,6-7,16H2. The van der Waals surface area contributed by atoms with E-state index >= 15 is 0 Å². The van der Waals surface area contributed by atoms with E-state index in [-0.39, 0.29) is 6.04 Å². The highest BCUT2D eigenvalue weighted by Crippen LogP contribution is 2.44. The van der Waals surface area contributed by atoms with Gasteiger partial charge in [-0.15, -0.1) is 11.3 Å². The fourth-order valence-electron chi connectivity index (χ4n) is 2.73. The van der Waals surface area contributed by atoms with Gasteiger partial charge in [-0.05, 0) is 39.5 Å². The van der Waals surface area contributed by atoms with Crippen molar-refractivity contribution in [2.45, 2.75) is 24.5 Å². The lowest BCUT2D eigenvalue weighted by atomic mass is 9.91. The van der Waals surface area contributed by atoms with Crippen molar-refractivity contribution in [3.63, 3.8) is 0 Å². The number of rotatable bonds is 2. The third-order valence-electron chi connectivity index (χ3n) is 3.51. The van der Waals surface area contributed by atoms with Gasteiger partial charge >= 0.3 is 0 Å². The van der Waals surface area contributed by atoms with E-state index in [4.69, 9.17) is 5.73 Å². The fraction of sp³-hybridized carbons (Fsp3) is 0.286. The van der Waals surface area contributed by atoms with Gasteiger partial charge in [0.05, 0.1) is 5.60 Å². The van der Waals surface area contributed by atoms with Gasteiger partial charge in [0.15, 0.2) is 0 Å². The Morgan fingerprint density at radius 3 is 2.94 bits per heavy atom. The van der Waals surface area contributed by atoms with Gasteiger partial charge in [-0.3, -0.25) is 0 Å². The molecule has 2 atom stereocenters. The molecule has 2 aromatic rings. The predicted octanol–water partition coefficient (Wildman–Crippen LogP) is 3.34. The lowest BCUT2D eigenvalue weighted by Crippen LogP contribution is -2.26. The minimum absolute atomic E-state index is 0.0606. The zero-order valence-corrected chi connectivity index (χ0v) is 12.2. The van der Waals surface area contributed by atoms with E-state index in [1.165, 1.54) is 4.88 Å². The first-order chi connectivity index (χ1) is 8.58. The summed E-state index contributed by atoms with van der Waals surface area (Å²) in [7, 11) is 0. The summed E-state index contributed by atoms with van der Waals surface area (Å²) in [5, 5.41) is 12.9. The van der Waals surface area contributed by atoms with E-state index in [9.17, 15) is 5.11 Å². The largest absolute Gasteiger partial charge is 0.385 e. The van der Waals surface area contributed by atoms with Crippen LogP contribution >= 0.6 is 27.3 Å². The number of nitrogens with two attached hydrogens (primary N) is 1. The van der Waals surface area contributed by atoms with Gasteiger partial charge in [0.25, 0.3) is 0 Å². The SMILES string of the molecule is NC1CC(O)(Cc2cc(Br)cs2)c2ccccc21. The molecule has 18 heavy (non-hydrogen) atoms. The van der Waals surface area contributed by atoms with Crippen molar-refractivity contribution in [2.24, 2.45) is 5.73 Å². The quantitative estimate of drug-likeness (QED) is 0.890. The van der Waals surface area contributed by atoms with Gasteiger partial charge in [0.2, 0.25) is 0 Å². The average molecular weight is 324 g/mol. The van der Waals surface area contributed by atoms with E-state index in [2.05, 4.69) is 22.0 Å². The summed E-state index contributed by atoms with van der Waals surface area (Å²) >= 11 is 5.11. The maximum atomic E-state index is 10.9. The molecule has 1 aliphatic rings. The molecule has 0 radical (unpaired) electrons. The second-order valence-electron chi connectivity index (χ2n) is 4.84. The highest BCUT2D eigenvalue weighted by molar-refractivity contribution is 9.10. The molecular formula is C14H14BrNOS. The molecule has 0 fully saturated rings. The van der Waals surface area contributed by atoms with Crippen LogP contribution in [0.1, 0.15) is 28.5 Å². The maximum Gasteiger partial charge on any atom is 0.0965 e. The third kappa shape index (κ3) is 2.03. The molecular weight excluding hydrogens is 310 g/mol. The minimum atomic E-state index is -0.819. The summed E-state index contributed by atoms with van der Waals surface area (Å²) < 4.78 is 1.07. The normalized spacial score (nSPS) is 26.3. The summed E-state index contributed by atoms with van der Waals surface area (Å²) in [6, 6.07) is 9.95. The number of hydrogen-bond acceptors (Lipinski definition) is 3. The van der Waals surface area contributed by atoms with Gasteiger partial charge in [0, 0.05) is 27.2 Å². The van der Waals surface area contributed by atoms with Crippen molar-refractivity contribution in [1.82, 2.24) is 0 Å². The first kappa shape index (κ1) is 12.4. The summed E-state index contributed by atoms with van der Waals surface area (Å²) in [4.78, 5) is 1.17. The Balaban J connectivity index is 1.97. The molecule has 0 aliphatic heterocycles. The third-order valence-corrected chi connectivity index (χ3v) is 5.21. The molecule has 1 aromatic heterocycles. The smallest absolute Gasteiger partial charge is 0.0965 e. The summed E-state index contributed by atoms with van der Waals surface area (Å²) in [5.41, 5.74) is 7.36. The Labute approximate surface area is 119 Å². The van der Waals surface area contributed by atoms with E-state index in [0.29, 0.717) is 12.8 Å². The van der Waals surface area contributed by atoms with Crippen LogP contribution in [0.25, 0.3) is 0 Å². The van der Waals surface area contributed by atoms with Crippen LogP contribution in [0.15, 0.2) is 40.2 Å². The Morgan fingerprint density at radius 2 is 2.22 bits per heavy atom. The summed E-state index contributed by atoms with van der Waals surface area (Å²) in [6.07, 6.45) is 1.23. The van der Waals surface area contributed by atoms with Crippen molar-refractivity contribution in [1.29, 1.82) is 0 Å². The number of fused-ring (bicyclic) bond motifs is 1. The van der Waals surface area contributed by atoms with Crippen molar-refractivity contribution in [3.8, 4) is 0 Å². The number of hydrogen-bond donors (Lipinski definition) is 2. The monoisotopic (exact) mass is 323 g/mol. The Kier molecular flexibility index (Phi) is 3.06. The van der Waals surface area contributed by atoms with Crippen molar-refractivity contribution >= 4 is 27.3 Å². The van der Waals surface area contributed by atoms with Crippen LogP contribution < -0.4 is 5.73 Å². The molecule has 0 spiro atoms. The van der Waals surface area contributed by atoms with Crippen LogP contribution in [0.4, 0.5) is 0 Å². The lowest BCUT2D eigenvalue weighted by molar-refractivity contribution is 0.0350. The van der Waals surface area contributed by atoms with E-state index in [1.807, 2.05) is 29.6 Å². The molecule has 2 nitrogen and oxygen atoms in total. The summed E-state index contributed by atoms with van der Waals surface area (Å²) in [5.74, 6) is 0. The molecule has 0 saturated carbocycles. The van der Waals surface area contributed by atoms with Gasteiger partial charge in [0.1, 0.15) is 0 Å². The van der Waals surface area contributed by atoms with Crippen molar-refractivity contribution in [3.05, 3.63) is 56.2 Å². The average Bonchev–Trinajstić information content (AvgIpc) is 2.84. The second-order valence-corrected chi connectivity index (χ2v) is 6.75. The number of aliphatic hydroxyl groups is 1. The highest BCUT2D eigenvalue weighted by atomic mass is 79.9. The highest BCUT2D eigenvalue weighted by Gasteiger charge is 2.40. The second kappa shape index (κ2) is 4.46. The number of thiophene rings is 1. The van der Waals surface area contributed by atoms with E-state index < -0.39 is 5.60 Å². The Bertz CT molecular complexity index is 583. The van der Waals surface area contributed by atoms with Gasteiger partial charge in [-0.1, -0.05) is 24.3 Å². The van der Waals surface area contributed by atoms with Crippen molar-refractivity contribution < 1.29 is 5.11 Å². The lowest BCUT2D eigenvalue weighted by Gasteiger charge is -2.23. The van der Waals surface area contributed by atoms with Crippen LogP contribution in [0, 0.1) is 0 Å². The molecule has 0 saturated heterocycles. The van der Waals surface area contributed by atoms with Gasteiger partial charge in [-0.25, -0.2) is 0 Å². The minimum Gasteiger partial charge on any atom is -0.385 e. The number of benzene rings is 1. The molecule has 1 aliphatic carbocycles. The van der Waals surface area contributed by atoms with E-state index in [1.54, 1.807) is 11.3 Å². The zero-order valence-electron chi connectivity index (χ0n) is 9.77. The molecule has 94 valence electrons.